The first kappa shape index (κ1) is 17.5. The predicted molar refractivity (Wildman–Crippen MR) is 81.6 cm³/mol. The van der Waals surface area contributed by atoms with E-state index in [4.69, 9.17) is 14.6 Å². The molecule has 0 aliphatic carbocycles. The van der Waals surface area contributed by atoms with Gasteiger partial charge in [0, 0.05) is 20.2 Å². The number of amides is 1. The van der Waals surface area contributed by atoms with E-state index in [2.05, 4.69) is 0 Å². The molecule has 0 bridgehead atoms. The number of hydrogen-bond acceptors (Lipinski definition) is 4. The molecule has 0 radical (unpaired) electrons. The lowest BCUT2D eigenvalue weighted by atomic mass is 10.1. The number of aryl methyl sites for hydroxylation is 1. The molecule has 0 aromatic heterocycles. The standard InChI is InChI=1S/C16H25NO4/c1-13-5-4-6-15(14(13)2)21-11-7-16(19)17(8-10-18)9-12-20-3/h4-6,18H,7-12H2,1-3H3. The first-order valence-corrected chi connectivity index (χ1v) is 7.16. The van der Waals surface area contributed by atoms with Gasteiger partial charge in [-0.15, -0.1) is 0 Å². The van der Waals surface area contributed by atoms with Crippen LogP contribution in [0.5, 0.6) is 5.75 Å². The van der Waals surface area contributed by atoms with E-state index in [9.17, 15) is 4.79 Å². The molecule has 0 aliphatic rings. The van der Waals surface area contributed by atoms with Gasteiger partial charge in [0.05, 0.1) is 26.2 Å². The molecule has 0 spiro atoms. The van der Waals surface area contributed by atoms with Gasteiger partial charge < -0.3 is 19.5 Å². The van der Waals surface area contributed by atoms with Gasteiger partial charge in [0.15, 0.2) is 0 Å². The number of aliphatic hydroxyl groups excluding tert-OH is 1. The number of aliphatic hydroxyl groups is 1. The zero-order valence-electron chi connectivity index (χ0n) is 13.1. The maximum Gasteiger partial charge on any atom is 0.226 e. The van der Waals surface area contributed by atoms with Crippen LogP contribution in [0.2, 0.25) is 0 Å². The van der Waals surface area contributed by atoms with Crippen molar-refractivity contribution in [2.45, 2.75) is 20.3 Å². The average Bonchev–Trinajstić information content (AvgIpc) is 2.47. The molecule has 1 aromatic rings. The van der Waals surface area contributed by atoms with Crippen molar-refractivity contribution in [3.8, 4) is 5.75 Å². The Morgan fingerprint density at radius 3 is 2.67 bits per heavy atom. The number of ether oxygens (including phenoxy) is 2. The number of methoxy groups -OCH3 is 1. The summed E-state index contributed by atoms with van der Waals surface area (Å²) in [6.07, 6.45) is 0.289. The molecule has 0 aliphatic heterocycles. The highest BCUT2D eigenvalue weighted by Crippen LogP contribution is 2.20. The van der Waals surface area contributed by atoms with Crippen molar-refractivity contribution in [2.24, 2.45) is 0 Å². The first-order chi connectivity index (χ1) is 10.1. The highest BCUT2D eigenvalue weighted by Gasteiger charge is 2.13. The number of rotatable bonds is 9. The van der Waals surface area contributed by atoms with Crippen LogP contribution < -0.4 is 4.74 Å². The van der Waals surface area contributed by atoms with Gasteiger partial charge in [-0.1, -0.05) is 12.1 Å². The van der Waals surface area contributed by atoms with Crippen molar-refractivity contribution < 1.29 is 19.4 Å². The zero-order chi connectivity index (χ0) is 15.7. The summed E-state index contributed by atoms with van der Waals surface area (Å²) in [5, 5.41) is 8.99. The Kier molecular flexibility index (Phi) is 7.79. The minimum absolute atomic E-state index is 0.0357. The molecule has 5 heteroatoms. The van der Waals surface area contributed by atoms with Crippen LogP contribution in [0.1, 0.15) is 17.5 Å². The highest BCUT2D eigenvalue weighted by molar-refractivity contribution is 5.76. The van der Waals surface area contributed by atoms with Gasteiger partial charge in [-0.2, -0.15) is 0 Å². The van der Waals surface area contributed by atoms with Crippen molar-refractivity contribution >= 4 is 5.91 Å². The summed E-state index contributed by atoms with van der Waals surface area (Å²) in [5.41, 5.74) is 2.26. The molecule has 0 atom stereocenters. The van der Waals surface area contributed by atoms with E-state index in [1.165, 1.54) is 5.56 Å². The summed E-state index contributed by atoms with van der Waals surface area (Å²) in [7, 11) is 1.59. The average molecular weight is 295 g/mol. The van der Waals surface area contributed by atoms with E-state index < -0.39 is 0 Å². The molecule has 5 nitrogen and oxygen atoms in total. The van der Waals surface area contributed by atoms with E-state index in [1.807, 2.05) is 32.0 Å². The summed E-state index contributed by atoms with van der Waals surface area (Å²) in [6.45, 7) is 5.59. The highest BCUT2D eigenvalue weighted by atomic mass is 16.5. The fraction of sp³-hybridized carbons (Fsp3) is 0.562. The van der Waals surface area contributed by atoms with E-state index in [0.717, 1.165) is 11.3 Å². The van der Waals surface area contributed by atoms with Gasteiger partial charge in [-0.25, -0.2) is 0 Å². The molecule has 21 heavy (non-hydrogen) atoms. The Morgan fingerprint density at radius 1 is 1.24 bits per heavy atom. The summed E-state index contributed by atoms with van der Waals surface area (Å²) in [6, 6.07) is 5.88. The SMILES string of the molecule is COCCN(CCO)C(=O)CCOc1cccc(C)c1C. The largest absolute Gasteiger partial charge is 0.493 e. The summed E-state index contributed by atoms with van der Waals surface area (Å²) < 4.78 is 10.6. The molecule has 1 N–H and O–H groups in total. The van der Waals surface area contributed by atoms with Gasteiger partial charge in [0.1, 0.15) is 5.75 Å². The van der Waals surface area contributed by atoms with E-state index in [1.54, 1.807) is 12.0 Å². The van der Waals surface area contributed by atoms with Crippen molar-refractivity contribution in [1.82, 2.24) is 4.90 Å². The summed E-state index contributed by atoms with van der Waals surface area (Å²) >= 11 is 0. The zero-order valence-corrected chi connectivity index (χ0v) is 13.1. The molecule has 1 rings (SSSR count). The van der Waals surface area contributed by atoms with Crippen molar-refractivity contribution in [2.75, 3.05) is 40.0 Å². The predicted octanol–water partition coefficient (Wildman–Crippen LogP) is 1.54. The number of hydrogen-bond donors (Lipinski definition) is 1. The van der Waals surface area contributed by atoms with E-state index in [-0.39, 0.29) is 18.9 Å². The topological polar surface area (TPSA) is 59.0 Å². The Balaban J connectivity index is 2.45. The van der Waals surface area contributed by atoms with Gasteiger partial charge in [-0.3, -0.25) is 4.79 Å². The van der Waals surface area contributed by atoms with Crippen LogP contribution in [-0.2, 0) is 9.53 Å². The maximum absolute atomic E-state index is 12.1. The Morgan fingerprint density at radius 2 is 2.00 bits per heavy atom. The molecule has 0 heterocycles. The second-order valence-electron chi connectivity index (χ2n) is 4.89. The first-order valence-electron chi connectivity index (χ1n) is 7.16. The van der Waals surface area contributed by atoms with E-state index >= 15 is 0 Å². The smallest absolute Gasteiger partial charge is 0.226 e. The van der Waals surface area contributed by atoms with Crippen molar-refractivity contribution in [3.63, 3.8) is 0 Å². The lowest BCUT2D eigenvalue weighted by Crippen LogP contribution is -2.36. The number of benzene rings is 1. The second kappa shape index (κ2) is 9.37. The lowest BCUT2D eigenvalue weighted by Gasteiger charge is -2.21. The van der Waals surface area contributed by atoms with Crippen LogP contribution in [0, 0.1) is 13.8 Å². The fourth-order valence-electron chi connectivity index (χ4n) is 1.97. The van der Waals surface area contributed by atoms with Crippen LogP contribution in [0.4, 0.5) is 0 Å². The molecule has 1 aromatic carbocycles. The van der Waals surface area contributed by atoms with Crippen molar-refractivity contribution in [1.29, 1.82) is 0 Å². The molecule has 0 unspecified atom stereocenters. The monoisotopic (exact) mass is 295 g/mol. The van der Waals surface area contributed by atoms with Crippen LogP contribution in [-0.4, -0.2) is 55.9 Å². The Labute approximate surface area is 126 Å². The van der Waals surface area contributed by atoms with Gasteiger partial charge in [-0.05, 0) is 31.0 Å². The fourth-order valence-corrected chi connectivity index (χ4v) is 1.97. The molecular weight excluding hydrogens is 270 g/mol. The summed E-state index contributed by atoms with van der Waals surface area (Å²) in [4.78, 5) is 13.7. The van der Waals surface area contributed by atoms with Gasteiger partial charge >= 0.3 is 0 Å². The van der Waals surface area contributed by atoms with Crippen LogP contribution in [0.3, 0.4) is 0 Å². The van der Waals surface area contributed by atoms with Gasteiger partial charge in [0.25, 0.3) is 0 Å². The molecule has 118 valence electrons. The number of nitrogens with zero attached hydrogens (tertiary/aromatic N) is 1. The van der Waals surface area contributed by atoms with Gasteiger partial charge in [0.2, 0.25) is 5.91 Å². The minimum atomic E-state index is -0.0483. The molecular formula is C16H25NO4. The maximum atomic E-state index is 12.1. The molecule has 0 fully saturated rings. The van der Waals surface area contributed by atoms with E-state index in [0.29, 0.717) is 26.3 Å². The Bertz CT molecular complexity index is 448. The third-order valence-corrected chi connectivity index (χ3v) is 3.42. The number of carbonyl (C=O) groups excluding carboxylic acids is 1. The second-order valence-corrected chi connectivity index (χ2v) is 4.89. The third-order valence-electron chi connectivity index (χ3n) is 3.42. The van der Waals surface area contributed by atoms with Crippen molar-refractivity contribution in [3.05, 3.63) is 29.3 Å². The normalized spacial score (nSPS) is 10.5. The van der Waals surface area contributed by atoms with Crippen LogP contribution in [0.25, 0.3) is 0 Å². The quantitative estimate of drug-likeness (QED) is 0.751. The molecule has 0 saturated carbocycles. The minimum Gasteiger partial charge on any atom is -0.493 e. The number of carbonyl (C=O) groups is 1. The van der Waals surface area contributed by atoms with Crippen LogP contribution >= 0.6 is 0 Å². The van der Waals surface area contributed by atoms with Crippen LogP contribution in [0.15, 0.2) is 18.2 Å². The third kappa shape index (κ3) is 5.73. The Hall–Kier alpha value is -1.59. The molecule has 1 amide bonds. The molecule has 0 saturated heterocycles. The lowest BCUT2D eigenvalue weighted by molar-refractivity contribution is -0.132. The summed E-state index contributed by atoms with van der Waals surface area (Å²) in [5.74, 6) is 0.778.